The Morgan fingerprint density at radius 2 is 2.17 bits per heavy atom. The minimum atomic E-state index is -0.138. The lowest BCUT2D eigenvalue weighted by atomic mass is 10.2. The van der Waals surface area contributed by atoms with E-state index in [2.05, 4.69) is 29.2 Å². The van der Waals surface area contributed by atoms with Crippen LogP contribution in [0, 0.1) is 5.82 Å². The van der Waals surface area contributed by atoms with Crippen LogP contribution in [0.15, 0.2) is 18.2 Å². The van der Waals surface area contributed by atoms with Gasteiger partial charge >= 0.3 is 0 Å². The number of halogens is 1. The molecule has 1 aromatic carbocycles. The highest BCUT2D eigenvalue weighted by Crippen LogP contribution is 2.27. The molecule has 0 amide bonds. The van der Waals surface area contributed by atoms with E-state index in [1.807, 2.05) is 6.07 Å². The van der Waals surface area contributed by atoms with Crippen molar-refractivity contribution in [3.05, 3.63) is 29.6 Å². The molecular formula is C14H22FN3. The van der Waals surface area contributed by atoms with Gasteiger partial charge in [-0.05, 0) is 38.2 Å². The van der Waals surface area contributed by atoms with E-state index in [1.165, 1.54) is 5.56 Å². The van der Waals surface area contributed by atoms with Gasteiger partial charge in [0.25, 0.3) is 0 Å². The molecule has 0 spiro atoms. The Kier molecular flexibility index (Phi) is 4.55. The fourth-order valence-corrected chi connectivity index (χ4v) is 2.29. The topological polar surface area (TPSA) is 18.5 Å². The number of hydrogen-bond donors (Lipinski definition) is 1. The average Bonchev–Trinajstić information content (AvgIpc) is 2.71. The molecular weight excluding hydrogens is 229 g/mol. The van der Waals surface area contributed by atoms with Gasteiger partial charge in [-0.2, -0.15) is 0 Å². The maximum atomic E-state index is 13.2. The second-order valence-electron chi connectivity index (χ2n) is 5.06. The Labute approximate surface area is 109 Å². The van der Waals surface area contributed by atoms with Gasteiger partial charge in [0.05, 0.1) is 0 Å². The quantitative estimate of drug-likeness (QED) is 0.770. The third kappa shape index (κ3) is 3.43. The monoisotopic (exact) mass is 251 g/mol. The highest BCUT2D eigenvalue weighted by atomic mass is 19.1. The van der Waals surface area contributed by atoms with E-state index in [1.54, 1.807) is 12.1 Å². The number of nitrogens with zero attached hydrogens (tertiary/aromatic N) is 2. The van der Waals surface area contributed by atoms with Crippen molar-refractivity contribution in [2.24, 2.45) is 0 Å². The van der Waals surface area contributed by atoms with Crippen LogP contribution in [-0.4, -0.2) is 51.7 Å². The Balaban J connectivity index is 1.77. The van der Waals surface area contributed by atoms with E-state index in [0.717, 1.165) is 44.8 Å². The van der Waals surface area contributed by atoms with E-state index >= 15 is 0 Å². The molecule has 0 aliphatic carbocycles. The normalized spacial score (nSPS) is 14.3. The van der Waals surface area contributed by atoms with Crippen LogP contribution in [0.4, 0.5) is 10.1 Å². The maximum Gasteiger partial charge on any atom is 0.125 e. The van der Waals surface area contributed by atoms with Crippen LogP contribution in [0.3, 0.4) is 0 Å². The van der Waals surface area contributed by atoms with Crippen LogP contribution in [-0.2, 0) is 6.42 Å². The summed E-state index contributed by atoms with van der Waals surface area (Å²) in [6.45, 7) is 4.95. The van der Waals surface area contributed by atoms with E-state index < -0.39 is 0 Å². The predicted octanol–water partition coefficient (Wildman–Crippen LogP) is 1.34. The molecule has 1 N–H and O–H groups in total. The number of hydrogen-bond acceptors (Lipinski definition) is 3. The third-order valence-electron chi connectivity index (χ3n) is 3.33. The second-order valence-corrected chi connectivity index (χ2v) is 5.06. The fraction of sp³-hybridized carbons (Fsp3) is 0.571. The lowest BCUT2D eigenvalue weighted by Crippen LogP contribution is -2.34. The highest BCUT2D eigenvalue weighted by Gasteiger charge is 2.18. The van der Waals surface area contributed by atoms with Gasteiger partial charge in [-0.3, -0.25) is 0 Å². The first-order valence-corrected chi connectivity index (χ1v) is 6.55. The van der Waals surface area contributed by atoms with Crippen LogP contribution in [0.5, 0.6) is 0 Å². The number of benzene rings is 1. The molecule has 2 rings (SSSR count). The predicted molar refractivity (Wildman–Crippen MR) is 73.7 cm³/mol. The van der Waals surface area contributed by atoms with Crippen molar-refractivity contribution in [3.8, 4) is 0 Å². The summed E-state index contributed by atoms with van der Waals surface area (Å²) in [5.41, 5.74) is 2.34. The molecule has 1 aromatic rings. The van der Waals surface area contributed by atoms with Gasteiger partial charge in [-0.15, -0.1) is 0 Å². The zero-order valence-electron chi connectivity index (χ0n) is 11.2. The van der Waals surface area contributed by atoms with Crippen LogP contribution in [0.2, 0.25) is 0 Å². The van der Waals surface area contributed by atoms with E-state index in [9.17, 15) is 4.39 Å². The van der Waals surface area contributed by atoms with Gasteiger partial charge < -0.3 is 15.1 Å². The Hall–Kier alpha value is -1.13. The molecule has 4 heteroatoms. The zero-order valence-corrected chi connectivity index (χ0v) is 11.2. The molecule has 1 aliphatic rings. The zero-order chi connectivity index (χ0) is 13.0. The minimum absolute atomic E-state index is 0.138. The number of nitrogens with one attached hydrogen (secondary N) is 1. The van der Waals surface area contributed by atoms with Gasteiger partial charge in [-0.25, -0.2) is 4.39 Å². The molecule has 0 saturated heterocycles. The summed E-state index contributed by atoms with van der Waals surface area (Å²) >= 11 is 0. The van der Waals surface area contributed by atoms with Crippen LogP contribution >= 0.6 is 0 Å². The van der Waals surface area contributed by atoms with Crippen LogP contribution < -0.4 is 10.2 Å². The van der Waals surface area contributed by atoms with Gasteiger partial charge in [0.2, 0.25) is 0 Å². The van der Waals surface area contributed by atoms with Crippen LogP contribution in [0.25, 0.3) is 0 Å². The summed E-state index contributed by atoms with van der Waals surface area (Å²) in [5, 5.41) is 3.41. The van der Waals surface area contributed by atoms with Crippen molar-refractivity contribution in [3.63, 3.8) is 0 Å². The van der Waals surface area contributed by atoms with Gasteiger partial charge in [0.15, 0.2) is 0 Å². The molecule has 0 aromatic heterocycles. The number of rotatable bonds is 6. The van der Waals surface area contributed by atoms with Gasteiger partial charge in [0.1, 0.15) is 5.82 Å². The third-order valence-corrected chi connectivity index (χ3v) is 3.33. The molecule has 18 heavy (non-hydrogen) atoms. The number of fused-ring (bicyclic) bond motifs is 1. The molecule has 0 atom stereocenters. The summed E-state index contributed by atoms with van der Waals surface area (Å²) in [7, 11) is 4.14. The first kappa shape index (κ1) is 13.3. The summed E-state index contributed by atoms with van der Waals surface area (Å²) in [5.74, 6) is -0.138. The lowest BCUT2D eigenvalue weighted by molar-refractivity contribution is 0.401. The van der Waals surface area contributed by atoms with Crippen molar-refractivity contribution >= 4 is 5.69 Å². The molecule has 1 aliphatic heterocycles. The molecule has 1 heterocycles. The summed E-state index contributed by atoms with van der Waals surface area (Å²) in [6, 6.07) is 5.12. The summed E-state index contributed by atoms with van der Waals surface area (Å²) < 4.78 is 13.2. The fourth-order valence-electron chi connectivity index (χ4n) is 2.29. The first-order valence-electron chi connectivity index (χ1n) is 6.55. The van der Waals surface area contributed by atoms with Gasteiger partial charge in [-0.1, -0.05) is 6.07 Å². The Morgan fingerprint density at radius 3 is 2.94 bits per heavy atom. The second kappa shape index (κ2) is 6.16. The van der Waals surface area contributed by atoms with E-state index in [-0.39, 0.29) is 5.82 Å². The largest absolute Gasteiger partial charge is 0.370 e. The van der Waals surface area contributed by atoms with Gasteiger partial charge in [0, 0.05) is 38.4 Å². The van der Waals surface area contributed by atoms with E-state index in [4.69, 9.17) is 0 Å². The standard InChI is InChI=1S/C14H22FN3/c1-17(2)9-6-16-7-10-18-8-5-12-3-4-13(15)11-14(12)18/h3-4,11,16H,5-10H2,1-2H3. The molecule has 0 radical (unpaired) electrons. The SMILES string of the molecule is CN(C)CCNCCN1CCc2ccc(F)cc21. The lowest BCUT2D eigenvalue weighted by Gasteiger charge is -2.20. The average molecular weight is 251 g/mol. The van der Waals surface area contributed by atoms with Crippen molar-refractivity contribution < 1.29 is 4.39 Å². The highest BCUT2D eigenvalue weighted by molar-refractivity contribution is 5.58. The van der Waals surface area contributed by atoms with Crippen molar-refractivity contribution in [2.75, 3.05) is 51.7 Å². The van der Waals surface area contributed by atoms with E-state index in [0.29, 0.717) is 0 Å². The first-order chi connectivity index (χ1) is 8.66. The number of likely N-dealkylation sites (N-methyl/N-ethyl adjacent to an activating group) is 1. The molecule has 100 valence electrons. The summed E-state index contributed by atoms with van der Waals surface area (Å²) in [4.78, 5) is 4.43. The van der Waals surface area contributed by atoms with Crippen molar-refractivity contribution in [1.82, 2.24) is 10.2 Å². The van der Waals surface area contributed by atoms with Crippen LogP contribution in [0.1, 0.15) is 5.56 Å². The van der Waals surface area contributed by atoms with Crippen molar-refractivity contribution in [1.29, 1.82) is 0 Å². The molecule has 0 unspecified atom stereocenters. The summed E-state index contributed by atoms with van der Waals surface area (Å²) in [6.07, 6.45) is 1.04. The smallest absolute Gasteiger partial charge is 0.125 e. The Bertz CT molecular complexity index is 393. The minimum Gasteiger partial charge on any atom is -0.370 e. The van der Waals surface area contributed by atoms with Crippen molar-refractivity contribution in [2.45, 2.75) is 6.42 Å². The molecule has 0 fully saturated rings. The number of anilines is 1. The molecule has 3 nitrogen and oxygen atoms in total. The molecule has 0 bridgehead atoms. The molecule has 0 saturated carbocycles. The maximum absolute atomic E-state index is 13.2. The Morgan fingerprint density at radius 1 is 1.33 bits per heavy atom.